The molecule has 2 aliphatic rings. The third-order valence-corrected chi connectivity index (χ3v) is 4.05. The summed E-state index contributed by atoms with van der Waals surface area (Å²) in [6.45, 7) is 0.802. The Balaban J connectivity index is 1.77. The van der Waals surface area contributed by atoms with Crippen LogP contribution >= 0.6 is 11.6 Å². The molecule has 4 rings (SSSR count). The van der Waals surface area contributed by atoms with Gasteiger partial charge in [-0.15, -0.1) is 0 Å². The van der Waals surface area contributed by atoms with E-state index in [1.54, 1.807) is 12.1 Å². The van der Waals surface area contributed by atoms with Crippen LogP contribution in [0.15, 0.2) is 24.3 Å². The monoisotopic (exact) mass is 289 g/mol. The second-order valence-corrected chi connectivity index (χ2v) is 5.74. The van der Waals surface area contributed by atoms with Gasteiger partial charge in [0.1, 0.15) is 22.6 Å². The molecule has 1 aliphatic carbocycles. The standard InChI is InChI=1S/C15H13ClFN3/c16-13-8-14(19-15(18-13)10-1-2-10)20-6-5-9-3-4-11(17)7-12(9)20/h3-4,7-8,10H,1-2,5-6H2. The Morgan fingerprint density at radius 3 is 2.85 bits per heavy atom. The van der Waals surface area contributed by atoms with Crippen molar-refractivity contribution in [3.05, 3.63) is 46.6 Å². The molecule has 2 heterocycles. The van der Waals surface area contributed by atoms with E-state index in [1.165, 1.54) is 6.07 Å². The zero-order valence-corrected chi connectivity index (χ0v) is 11.6. The molecule has 0 saturated heterocycles. The van der Waals surface area contributed by atoms with Gasteiger partial charge in [0.25, 0.3) is 0 Å². The predicted molar refractivity (Wildman–Crippen MR) is 76.1 cm³/mol. The molecule has 0 bridgehead atoms. The predicted octanol–water partition coefficient (Wildman–Crippen LogP) is 3.84. The lowest BCUT2D eigenvalue weighted by Gasteiger charge is -2.19. The van der Waals surface area contributed by atoms with E-state index in [2.05, 4.69) is 9.97 Å². The van der Waals surface area contributed by atoms with E-state index in [-0.39, 0.29) is 5.82 Å². The van der Waals surface area contributed by atoms with Crippen molar-refractivity contribution in [2.45, 2.75) is 25.2 Å². The number of benzene rings is 1. The van der Waals surface area contributed by atoms with Gasteiger partial charge < -0.3 is 4.90 Å². The fourth-order valence-electron chi connectivity index (χ4n) is 2.68. The van der Waals surface area contributed by atoms with Crippen LogP contribution in [0.5, 0.6) is 0 Å². The van der Waals surface area contributed by atoms with Crippen LogP contribution in [-0.4, -0.2) is 16.5 Å². The van der Waals surface area contributed by atoms with Crippen molar-refractivity contribution in [1.82, 2.24) is 9.97 Å². The summed E-state index contributed by atoms with van der Waals surface area (Å²) in [5.41, 5.74) is 2.04. The van der Waals surface area contributed by atoms with E-state index in [0.29, 0.717) is 11.1 Å². The zero-order chi connectivity index (χ0) is 13.7. The van der Waals surface area contributed by atoms with Crippen molar-refractivity contribution in [2.75, 3.05) is 11.4 Å². The molecule has 0 atom stereocenters. The highest BCUT2D eigenvalue weighted by Gasteiger charge is 2.29. The first-order chi connectivity index (χ1) is 9.70. The minimum atomic E-state index is -0.224. The van der Waals surface area contributed by atoms with Gasteiger partial charge in [0.2, 0.25) is 0 Å². The van der Waals surface area contributed by atoms with Crippen LogP contribution in [0.3, 0.4) is 0 Å². The Bertz CT molecular complexity index is 685. The Labute approximate surface area is 121 Å². The molecular formula is C15H13ClFN3. The first kappa shape index (κ1) is 12.1. The minimum absolute atomic E-state index is 0.224. The first-order valence-electron chi connectivity index (χ1n) is 6.81. The Hall–Kier alpha value is -1.68. The molecule has 0 radical (unpaired) electrons. The van der Waals surface area contributed by atoms with Crippen molar-refractivity contribution in [2.24, 2.45) is 0 Å². The van der Waals surface area contributed by atoms with Crippen LogP contribution in [-0.2, 0) is 6.42 Å². The molecule has 5 heteroatoms. The molecule has 1 aliphatic heterocycles. The molecule has 0 N–H and O–H groups in total. The van der Waals surface area contributed by atoms with Crippen molar-refractivity contribution < 1.29 is 4.39 Å². The summed E-state index contributed by atoms with van der Waals surface area (Å²) in [4.78, 5) is 10.9. The zero-order valence-electron chi connectivity index (χ0n) is 10.8. The molecule has 2 aromatic rings. The van der Waals surface area contributed by atoms with Gasteiger partial charge in [0, 0.05) is 24.2 Å². The minimum Gasteiger partial charge on any atom is -0.326 e. The highest BCUT2D eigenvalue weighted by molar-refractivity contribution is 6.29. The van der Waals surface area contributed by atoms with E-state index in [4.69, 9.17) is 11.6 Å². The maximum absolute atomic E-state index is 13.5. The van der Waals surface area contributed by atoms with Crippen LogP contribution in [0, 0.1) is 5.82 Å². The Kier molecular flexibility index (Phi) is 2.67. The fraction of sp³-hybridized carbons (Fsp3) is 0.333. The average molecular weight is 290 g/mol. The van der Waals surface area contributed by atoms with Crippen molar-refractivity contribution in [3.63, 3.8) is 0 Å². The second-order valence-electron chi connectivity index (χ2n) is 5.36. The van der Waals surface area contributed by atoms with Gasteiger partial charge in [-0.1, -0.05) is 17.7 Å². The SMILES string of the molecule is Fc1ccc2c(c1)N(c1cc(Cl)nc(C3CC3)n1)CC2. The van der Waals surface area contributed by atoms with E-state index in [0.717, 1.165) is 48.7 Å². The van der Waals surface area contributed by atoms with Crippen molar-refractivity contribution in [1.29, 1.82) is 0 Å². The third-order valence-electron chi connectivity index (χ3n) is 3.86. The van der Waals surface area contributed by atoms with Crippen LogP contribution in [0.2, 0.25) is 5.15 Å². The van der Waals surface area contributed by atoms with Gasteiger partial charge in [-0.05, 0) is 37.0 Å². The average Bonchev–Trinajstić information content (AvgIpc) is 3.19. The fourth-order valence-corrected chi connectivity index (χ4v) is 2.86. The summed E-state index contributed by atoms with van der Waals surface area (Å²) in [7, 11) is 0. The third kappa shape index (κ3) is 2.04. The summed E-state index contributed by atoms with van der Waals surface area (Å²) >= 11 is 6.11. The smallest absolute Gasteiger partial charge is 0.138 e. The summed E-state index contributed by atoms with van der Waals surface area (Å²) < 4.78 is 13.5. The molecule has 1 aromatic heterocycles. The number of fused-ring (bicyclic) bond motifs is 1. The summed E-state index contributed by atoms with van der Waals surface area (Å²) in [5, 5.41) is 0.460. The van der Waals surface area contributed by atoms with Crippen LogP contribution in [0.4, 0.5) is 15.9 Å². The Morgan fingerprint density at radius 1 is 1.20 bits per heavy atom. The quantitative estimate of drug-likeness (QED) is 0.787. The summed E-state index contributed by atoms with van der Waals surface area (Å²) in [5.74, 6) is 1.81. The van der Waals surface area contributed by atoms with E-state index < -0.39 is 0 Å². The molecular weight excluding hydrogens is 277 g/mol. The highest BCUT2D eigenvalue weighted by Crippen LogP contribution is 2.40. The molecule has 0 spiro atoms. The molecule has 3 nitrogen and oxygen atoms in total. The van der Waals surface area contributed by atoms with Gasteiger partial charge in [0.05, 0.1) is 0 Å². The molecule has 0 amide bonds. The first-order valence-corrected chi connectivity index (χ1v) is 7.19. The van der Waals surface area contributed by atoms with Gasteiger partial charge in [0.15, 0.2) is 0 Å². The summed E-state index contributed by atoms with van der Waals surface area (Å²) in [6.07, 6.45) is 3.16. The lowest BCUT2D eigenvalue weighted by atomic mass is 10.2. The maximum Gasteiger partial charge on any atom is 0.138 e. The normalized spacial score (nSPS) is 17.4. The van der Waals surface area contributed by atoms with Gasteiger partial charge in [-0.2, -0.15) is 0 Å². The number of hydrogen-bond acceptors (Lipinski definition) is 3. The number of hydrogen-bond donors (Lipinski definition) is 0. The molecule has 0 unspecified atom stereocenters. The molecule has 1 fully saturated rings. The lowest BCUT2D eigenvalue weighted by molar-refractivity contribution is 0.628. The molecule has 102 valence electrons. The number of anilines is 2. The lowest BCUT2D eigenvalue weighted by Crippen LogP contribution is -2.16. The van der Waals surface area contributed by atoms with Gasteiger partial charge in [-0.3, -0.25) is 0 Å². The van der Waals surface area contributed by atoms with Crippen LogP contribution in [0.1, 0.15) is 30.1 Å². The largest absolute Gasteiger partial charge is 0.326 e. The number of rotatable bonds is 2. The molecule has 20 heavy (non-hydrogen) atoms. The highest BCUT2D eigenvalue weighted by atomic mass is 35.5. The second kappa shape index (κ2) is 4.42. The van der Waals surface area contributed by atoms with Crippen molar-refractivity contribution in [3.8, 4) is 0 Å². The number of aromatic nitrogens is 2. The van der Waals surface area contributed by atoms with Crippen LogP contribution in [0.25, 0.3) is 0 Å². The Morgan fingerprint density at radius 2 is 2.05 bits per heavy atom. The van der Waals surface area contributed by atoms with E-state index in [9.17, 15) is 4.39 Å². The number of nitrogens with zero attached hydrogens (tertiary/aromatic N) is 3. The summed E-state index contributed by atoms with van der Waals surface area (Å²) in [6, 6.07) is 6.67. The van der Waals surface area contributed by atoms with Crippen molar-refractivity contribution >= 4 is 23.1 Å². The van der Waals surface area contributed by atoms with E-state index >= 15 is 0 Å². The van der Waals surface area contributed by atoms with Gasteiger partial charge in [-0.25, -0.2) is 14.4 Å². The van der Waals surface area contributed by atoms with E-state index in [1.807, 2.05) is 11.0 Å². The number of halogens is 2. The maximum atomic E-state index is 13.5. The molecule has 1 saturated carbocycles. The van der Waals surface area contributed by atoms with Crippen LogP contribution < -0.4 is 4.90 Å². The molecule has 1 aromatic carbocycles. The van der Waals surface area contributed by atoms with Gasteiger partial charge >= 0.3 is 0 Å². The topological polar surface area (TPSA) is 29.0 Å².